The molecule has 0 fully saturated rings. The molecule has 0 spiro atoms. The highest BCUT2D eigenvalue weighted by molar-refractivity contribution is 5.29. The Morgan fingerprint density at radius 2 is 1.95 bits per heavy atom. The van der Waals surface area contributed by atoms with Crippen LogP contribution in [0.5, 0.6) is 5.75 Å². The van der Waals surface area contributed by atoms with Gasteiger partial charge < -0.3 is 10.1 Å². The summed E-state index contributed by atoms with van der Waals surface area (Å²) in [4.78, 5) is 0. The van der Waals surface area contributed by atoms with E-state index in [4.69, 9.17) is 4.74 Å². The number of ether oxygens (including phenoxy) is 1. The molecule has 4 nitrogen and oxygen atoms in total. The summed E-state index contributed by atoms with van der Waals surface area (Å²) < 4.78 is 7.62. The predicted molar refractivity (Wildman–Crippen MR) is 85.5 cm³/mol. The third-order valence-corrected chi connectivity index (χ3v) is 3.33. The summed E-state index contributed by atoms with van der Waals surface area (Å²) in [6.45, 7) is 8.20. The van der Waals surface area contributed by atoms with Gasteiger partial charge in [0.25, 0.3) is 0 Å². The largest absolute Gasteiger partial charge is 0.491 e. The molecular weight excluding hydrogens is 262 g/mol. The first-order valence-corrected chi connectivity index (χ1v) is 7.62. The van der Waals surface area contributed by atoms with E-state index >= 15 is 0 Å². The average molecular weight is 287 g/mol. The van der Waals surface area contributed by atoms with Gasteiger partial charge in [0, 0.05) is 25.0 Å². The first-order valence-electron chi connectivity index (χ1n) is 7.62. The standard InChI is InChI=1S/C17H25N3O/c1-14(2)21-17-8-6-16(7-9-17)15(3)18-10-4-12-20-13-5-11-19-20/h5-9,11,13-15,18H,4,10,12H2,1-3H3. The number of aromatic nitrogens is 2. The Morgan fingerprint density at radius 1 is 1.19 bits per heavy atom. The number of hydrogen-bond acceptors (Lipinski definition) is 3. The number of aryl methyl sites for hydroxylation is 1. The average Bonchev–Trinajstić information content (AvgIpc) is 2.97. The minimum absolute atomic E-state index is 0.216. The minimum atomic E-state index is 0.216. The van der Waals surface area contributed by atoms with Gasteiger partial charge in [0.15, 0.2) is 0 Å². The van der Waals surface area contributed by atoms with Gasteiger partial charge in [-0.05, 0) is 57.5 Å². The van der Waals surface area contributed by atoms with E-state index in [9.17, 15) is 0 Å². The van der Waals surface area contributed by atoms with Crippen molar-refractivity contribution >= 4 is 0 Å². The van der Waals surface area contributed by atoms with E-state index in [-0.39, 0.29) is 6.10 Å². The molecule has 0 amide bonds. The predicted octanol–water partition coefficient (Wildman–Crippen LogP) is 3.41. The van der Waals surface area contributed by atoms with Crippen LogP contribution >= 0.6 is 0 Å². The molecule has 4 heteroatoms. The molecule has 1 heterocycles. The van der Waals surface area contributed by atoms with Crippen molar-refractivity contribution < 1.29 is 4.74 Å². The van der Waals surface area contributed by atoms with Gasteiger partial charge in [-0.3, -0.25) is 4.68 Å². The fourth-order valence-electron chi connectivity index (χ4n) is 2.22. The van der Waals surface area contributed by atoms with Gasteiger partial charge in [-0.15, -0.1) is 0 Å². The maximum absolute atomic E-state index is 5.66. The van der Waals surface area contributed by atoms with Crippen LogP contribution in [0.3, 0.4) is 0 Å². The van der Waals surface area contributed by atoms with E-state index in [0.717, 1.165) is 25.3 Å². The van der Waals surface area contributed by atoms with Crippen molar-refractivity contribution in [2.45, 2.75) is 45.9 Å². The molecule has 1 aromatic carbocycles. The number of nitrogens with zero attached hydrogens (tertiary/aromatic N) is 2. The van der Waals surface area contributed by atoms with Crippen LogP contribution in [0.15, 0.2) is 42.7 Å². The highest BCUT2D eigenvalue weighted by atomic mass is 16.5. The second kappa shape index (κ2) is 7.84. The molecule has 114 valence electrons. The van der Waals surface area contributed by atoms with Crippen molar-refractivity contribution in [1.82, 2.24) is 15.1 Å². The van der Waals surface area contributed by atoms with Crippen LogP contribution in [-0.4, -0.2) is 22.4 Å². The molecule has 2 aromatic rings. The molecule has 1 aromatic heterocycles. The molecule has 0 aliphatic heterocycles. The topological polar surface area (TPSA) is 39.1 Å². The first kappa shape index (κ1) is 15.6. The van der Waals surface area contributed by atoms with Gasteiger partial charge in [-0.2, -0.15) is 5.10 Å². The molecule has 1 atom stereocenters. The van der Waals surface area contributed by atoms with Crippen molar-refractivity contribution in [1.29, 1.82) is 0 Å². The highest BCUT2D eigenvalue weighted by Crippen LogP contribution is 2.18. The second-order valence-electron chi connectivity index (χ2n) is 5.53. The SMILES string of the molecule is CC(C)Oc1ccc(C(C)NCCCn2cccn2)cc1. The van der Waals surface area contributed by atoms with Crippen molar-refractivity contribution in [2.24, 2.45) is 0 Å². The van der Waals surface area contributed by atoms with E-state index < -0.39 is 0 Å². The molecule has 1 N–H and O–H groups in total. The van der Waals surface area contributed by atoms with Gasteiger partial charge in [-0.25, -0.2) is 0 Å². The lowest BCUT2D eigenvalue weighted by Gasteiger charge is -2.15. The summed E-state index contributed by atoms with van der Waals surface area (Å²) in [5, 5.41) is 7.74. The lowest BCUT2D eigenvalue weighted by atomic mass is 10.1. The van der Waals surface area contributed by atoms with Crippen molar-refractivity contribution in [3.05, 3.63) is 48.3 Å². The van der Waals surface area contributed by atoms with Crippen LogP contribution in [0.4, 0.5) is 0 Å². The van der Waals surface area contributed by atoms with Crippen LogP contribution < -0.4 is 10.1 Å². The van der Waals surface area contributed by atoms with Gasteiger partial charge in [0.2, 0.25) is 0 Å². The Bertz CT molecular complexity index is 505. The molecule has 0 aliphatic carbocycles. The van der Waals surface area contributed by atoms with Gasteiger partial charge in [0.1, 0.15) is 5.75 Å². The zero-order valence-electron chi connectivity index (χ0n) is 13.1. The Labute approximate surface area is 127 Å². The molecule has 0 saturated carbocycles. The normalized spacial score (nSPS) is 12.6. The van der Waals surface area contributed by atoms with E-state index in [1.165, 1.54) is 5.56 Å². The summed E-state index contributed by atoms with van der Waals surface area (Å²) in [5.41, 5.74) is 1.28. The van der Waals surface area contributed by atoms with Gasteiger partial charge >= 0.3 is 0 Å². The van der Waals surface area contributed by atoms with Crippen LogP contribution in [0.1, 0.15) is 38.8 Å². The molecule has 21 heavy (non-hydrogen) atoms. The molecule has 0 aliphatic rings. The van der Waals surface area contributed by atoms with Crippen LogP contribution in [-0.2, 0) is 6.54 Å². The number of nitrogens with one attached hydrogen (secondary N) is 1. The van der Waals surface area contributed by atoms with Crippen molar-refractivity contribution in [2.75, 3.05) is 6.54 Å². The summed E-state index contributed by atoms with van der Waals surface area (Å²) in [6.07, 6.45) is 5.10. The molecule has 0 bridgehead atoms. The fraction of sp³-hybridized carbons (Fsp3) is 0.471. The van der Waals surface area contributed by atoms with Crippen molar-refractivity contribution in [3.8, 4) is 5.75 Å². The van der Waals surface area contributed by atoms with E-state index in [0.29, 0.717) is 6.04 Å². The zero-order valence-corrected chi connectivity index (χ0v) is 13.1. The third-order valence-electron chi connectivity index (χ3n) is 3.33. The maximum atomic E-state index is 5.66. The van der Waals surface area contributed by atoms with Crippen molar-refractivity contribution in [3.63, 3.8) is 0 Å². The summed E-state index contributed by atoms with van der Waals surface area (Å²) in [5.74, 6) is 0.930. The molecule has 2 rings (SSSR count). The molecule has 1 unspecified atom stereocenters. The summed E-state index contributed by atoms with van der Waals surface area (Å²) in [7, 11) is 0. The van der Waals surface area contributed by atoms with E-state index in [2.05, 4.69) is 29.5 Å². The lowest BCUT2D eigenvalue weighted by molar-refractivity contribution is 0.242. The van der Waals surface area contributed by atoms with E-state index in [1.807, 2.05) is 49.1 Å². The Kier molecular flexibility index (Phi) is 5.81. The van der Waals surface area contributed by atoms with Gasteiger partial charge in [0.05, 0.1) is 6.10 Å². The third kappa shape index (κ3) is 5.23. The Balaban J connectivity index is 1.73. The number of benzene rings is 1. The summed E-state index contributed by atoms with van der Waals surface area (Å²) in [6, 6.07) is 10.6. The first-order chi connectivity index (χ1) is 10.1. The lowest BCUT2D eigenvalue weighted by Crippen LogP contribution is -2.21. The number of hydrogen-bond donors (Lipinski definition) is 1. The van der Waals surface area contributed by atoms with Crippen LogP contribution in [0.25, 0.3) is 0 Å². The smallest absolute Gasteiger partial charge is 0.119 e. The second-order valence-corrected chi connectivity index (χ2v) is 5.53. The van der Waals surface area contributed by atoms with Crippen LogP contribution in [0, 0.1) is 0 Å². The molecular formula is C17H25N3O. The zero-order chi connectivity index (χ0) is 15.1. The quantitative estimate of drug-likeness (QED) is 0.756. The monoisotopic (exact) mass is 287 g/mol. The Morgan fingerprint density at radius 3 is 2.57 bits per heavy atom. The maximum Gasteiger partial charge on any atom is 0.119 e. The fourth-order valence-corrected chi connectivity index (χ4v) is 2.22. The molecule has 0 radical (unpaired) electrons. The minimum Gasteiger partial charge on any atom is -0.491 e. The van der Waals surface area contributed by atoms with Gasteiger partial charge in [-0.1, -0.05) is 12.1 Å². The highest BCUT2D eigenvalue weighted by Gasteiger charge is 2.05. The molecule has 0 saturated heterocycles. The van der Waals surface area contributed by atoms with Crippen LogP contribution in [0.2, 0.25) is 0 Å². The van der Waals surface area contributed by atoms with E-state index in [1.54, 1.807) is 0 Å². The summed E-state index contributed by atoms with van der Waals surface area (Å²) >= 11 is 0. The number of rotatable bonds is 8. The Hall–Kier alpha value is -1.81.